The van der Waals surface area contributed by atoms with Crippen molar-refractivity contribution >= 4 is 0 Å². The SMILES string of the molecule is CCCN1CC[C@@H](OC(F)F)[C@@H](N)C1. The van der Waals surface area contributed by atoms with Crippen molar-refractivity contribution in [3.05, 3.63) is 0 Å². The quantitative estimate of drug-likeness (QED) is 0.750. The van der Waals surface area contributed by atoms with E-state index < -0.39 is 12.7 Å². The molecule has 1 heterocycles. The summed E-state index contributed by atoms with van der Waals surface area (Å²) in [6.45, 7) is 1.83. The second-order valence-electron chi connectivity index (χ2n) is 3.69. The van der Waals surface area contributed by atoms with Gasteiger partial charge >= 0.3 is 6.61 Å². The lowest BCUT2D eigenvalue weighted by molar-refractivity contribution is -0.177. The highest BCUT2D eigenvalue weighted by Gasteiger charge is 2.28. The summed E-state index contributed by atoms with van der Waals surface area (Å²) in [6.07, 6.45) is 1.18. The van der Waals surface area contributed by atoms with E-state index >= 15 is 0 Å². The Hall–Kier alpha value is -0.260. The van der Waals surface area contributed by atoms with Gasteiger partial charge < -0.3 is 15.4 Å². The molecule has 3 nitrogen and oxygen atoms in total. The van der Waals surface area contributed by atoms with Crippen LogP contribution in [0.15, 0.2) is 0 Å². The number of hydrogen-bond acceptors (Lipinski definition) is 3. The largest absolute Gasteiger partial charge is 0.345 e. The van der Waals surface area contributed by atoms with Gasteiger partial charge in [0, 0.05) is 19.1 Å². The van der Waals surface area contributed by atoms with Crippen LogP contribution in [0.3, 0.4) is 0 Å². The summed E-state index contributed by atoms with van der Waals surface area (Å²) in [4.78, 5) is 2.19. The second kappa shape index (κ2) is 5.58. The van der Waals surface area contributed by atoms with Gasteiger partial charge in [-0.2, -0.15) is 8.78 Å². The van der Waals surface area contributed by atoms with E-state index in [0.717, 1.165) is 19.5 Å². The molecule has 0 aliphatic carbocycles. The Balaban J connectivity index is 2.32. The van der Waals surface area contributed by atoms with E-state index in [2.05, 4.69) is 16.6 Å². The molecule has 84 valence electrons. The minimum absolute atomic E-state index is 0.288. The van der Waals surface area contributed by atoms with Crippen molar-refractivity contribution in [1.82, 2.24) is 4.90 Å². The number of nitrogens with zero attached hydrogens (tertiary/aromatic N) is 1. The van der Waals surface area contributed by atoms with Gasteiger partial charge in [-0.15, -0.1) is 0 Å². The van der Waals surface area contributed by atoms with Crippen molar-refractivity contribution in [1.29, 1.82) is 0 Å². The standard InChI is InChI=1S/C9H18F2N2O/c1-2-4-13-5-3-8(7(12)6-13)14-9(10)11/h7-9H,2-6,12H2,1H3/t7-,8+/m0/s1. The summed E-state index contributed by atoms with van der Waals surface area (Å²) in [5, 5.41) is 0. The molecule has 1 aliphatic heterocycles. The first-order chi connectivity index (χ1) is 6.63. The minimum Gasteiger partial charge on any atom is -0.324 e. The number of likely N-dealkylation sites (tertiary alicyclic amines) is 1. The molecule has 2 atom stereocenters. The second-order valence-corrected chi connectivity index (χ2v) is 3.69. The predicted octanol–water partition coefficient (Wildman–Crippen LogP) is 1.04. The zero-order valence-corrected chi connectivity index (χ0v) is 8.46. The number of piperidine rings is 1. The molecule has 1 fully saturated rings. The normalized spacial score (nSPS) is 29.8. The first-order valence-electron chi connectivity index (χ1n) is 5.05. The van der Waals surface area contributed by atoms with Crippen molar-refractivity contribution in [2.45, 2.75) is 38.5 Å². The van der Waals surface area contributed by atoms with E-state index in [4.69, 9.17) is 5.73 Å². The van der Waals surface area contributed by atoms with E-state index in [1.807, 2.05) is 0 Å². The third-order valence-electron chi connectivity index (χ3n) is 2.49. The lowest BCUT2D eigenvalue weighted by Crippen LogP contribution is -2.52. The van der Waals surface area contributed by atoms with E-state index in [1.54, 1.807) is 0 Å². The Morgan fingerprint density at radius 2 is 2.29 bits per heavy atom. The molecule has 14 heavy (non-hydrogen) atoms. The molecule has 0 aromatic rings. The lowest BCUT2D eigenvalue weighted by atomic mass is 10.0. The molecule has 0 spiro atoms. The number of ether oxygens (including phenoxy) is 1. The highest BCUT2D eigenvalue weighted by Crippen LogP contribution is 2.15. The van der Waals surface area contributed by atoms with Gasteiger partial charge in [0.15, 0.2) is 0 Å². The number of rotatable bonds is 4. The number of hydrogen-bond donors (Lipinski definition) is 1. The smallest absolute Gasteiger partial charge is 0.324 e. The molecule has 1 aliphatic rings. The molecular weight excluding hydrogens is 190 g/mol. The van der Waals surface area contributed by atoms with Crippen LogP contribution in [0.25, 0.3) is 0 Å². The van der Waals surface area contributed by atoms with Crippen molar-refractivity contribution in [2.75, 3.05) is 19.6 Å². The molecule has 0 bridgehead atoms. The summed E-state index contributed by atoms with van der Waals surface area (Å²) >= 11 is 0. The fourth-order valence-electron chi connectivity index (χ4n) is 1.85. The topological polar surface area (TPSA) is 38.5 Å². The van der Waals surface area contributed by atoms with E-state index in [0.29, 0.717) is 13.0 Å². The highest BCUT2D eigenvalue weighted by molar-refractivity contribution is 4.83. The van der Waals surface area contributed by atoms with Crippen LogP contribution in [-0.2, 0) is 4.74 Å². The van der Waals surface area contributed by atoms with Gasteiger partial charge in [0.25, 0.3) is 0 Å². The van der Waals surface area contributed by atoms with E-state index in [-0.39, 0.29) is 6.04 Å². The maximum atomic E-state index is 11.9. The Labute approximate surface area is 83.2 Å². The molecule has 0 amide bonds. The van der Waals surface area contributed by atoms with Crippen molar-refractivity contribution < 1.29 is 13.5 Å². The fraction of sp³-hybridized carbons (Fsp3) is 1.00. The number of alkyl halides is 2. The first-order valence-corrected chi connectivity index (χ1v) is 5.05. The molecule has 0 aromatic heterocycles. The Morgan fingerprint density at radius 3 is 2.79 bits per heavy atom. The Kier molecular flexibility index (Phi) is 4.71. The minimum atomic E-state index is -2.70. The van der Waals surface area contributed by atoms with Gasteiger partial charge in [0.2, 0.25) is 0 Å². The molecule has 1 saturated heterocycles. The summed E-state index contributed by atoms with van der Waals surface area (Å²) < 4.78 is 28.3. The number of nitrogens with two attached hydrogens (primary N) is 1. The van der Waals surface area contributed by atoms with E-state index in [1.165, 1.54) is 0 Å². The zero-order valence-electron chi connectivity index (χ0n) is 8.46. The summed E-state index contributed by atoms with van der Waals surface area (Å²) in [7, 11) is 0. The van der Waals surface area contributed by atoms with Crippen LogP contribution in [0, 0.1) is 0 Å². The summed E-state index contributed by atoms with van der Waals surface area (Å²) in [6, 6.07) is -0.288. The van der Waals surface area contributed by atoms with Crippen LogP contribution < -0.4 is 5.73 Å². The van der Waals surface area contributed by atoms with Crippen molar-refractivity contribution in [3.63, 3.8) is 0 Å². The van der Waals surface area contributed by atoms with Crippen LogP contribution in [0.1, 0.15) is 19.8 Å². The molecular formula is C9H18F2N2O. The zero-order chi connectivity index (χ0) is 10.6. The molecule has 1 rings (SSSR count). The molecule has 5 heteroatoms. The fourth-order valence-corrected chi connectivity index (χ4v) is 1.85. The van der Waals surface area contributed by atoms with Gasteiger partial charge in [-0.05, 0) is 19.4 Å². The first kappa shape index (κ1) is 11.8. The van der Waals surface area contributed by atoms with Crippen molar-refractivity contribution in [2.24, 2.45) is 5.73 Å². The van der Waals surface area contributed by atoms with Crippen LogP contribution >= 0.6 is 0 Å². The van der Waals surface area contributed by atoms with Crippen LogP contribution in [0.5, 0.6) is 0 Å². The Bertz CT molecular complexity index is 169. The summed E-state index contributed by atoms with van der Waals surface area (Å²) in [5.74, 6) is 0. The third kappa shape index (κ3) is 3.48. The van der Waals surface area contributed by atoms with Crippen LogP contribution in [-0.4, -0.2) is 43.3 Å². The van der Waals surface area contributed by atoms with Gasteiger partial charge in [0.05, 0.1) is 6.10 Å². The van der Waals surface area contributed by atoms with E-state index in [9.17, 15) is 8.78 Å². The van der Waals surface area contributed by atoms with Crippen LogP contribution in [0.2, 0.25) is 0 Å². The molecule has 0 unspecified atom stereocenters. The average molecular weight is 208 g/mol. The maximum Gasteiger partial charge on any atom is 0.345 e. The molecule has 2 N–H and O–H groups in total. The van der Waals surface area contributed by atoms with Gasteiger partial charge in [-0.1, -0.05) is 6.92 Å². The molecule has 0 radical (unpaired) electrons. The summed E-state index contributed by atoms with van der Waals surface area (Å²) in [5.41, 5.74) is 5.75. The van der Waals surface area contributed by atoms with Crippen LogP contribution in [0.4, 0.5) is 8.78 Å². The Morgan fingerprint density at radius 1 is 1.57 bits per heavy atom. The van der Waals surface area contributed by atoms with Gasteiger partial charge in [-0.3, -0.25) is 0 Å². The maximum absolute atomic E-state index is 11.9. The van der Waals surface area contributed by atoms with Gasteiger partial charge in [0.1, 0.15) is 0 Å². The van der Waals surface area contributed by atoms with Gasteiger partial charge in [-0.25, -0.2) is 0 Å². The lowest BCUT2D eigenvalue weighted by Gasteiger charge is -2.36. The highest BCUT2D eigenvalue weighted by atomic mass is 19.3. The predicted molar refractivity (Wildman–Crippen MR) is 50.2 cm³/mol. The molecule has 0 aromatic carbocycles. The number of halogens is 2. The third-order valence-corrected chi connectivity index (χ3v) is 2.49. The average Bonchev–Trinajstić information content (AvgIpc) is 2.10. The van der Waals surface area contributed by atoms with Crippen molar-refractivity contribution in [3.8, 4) is 0 Å². The monoisotopic (exact) mass is 208 g/mol. The molecule has 0 saturated carbocycles.